The maximum atomic E-state index is 6.38. The molecule has 2 atom stereocenters. The van der Waals surface area contributed by atoms with Gasteiger partial charge in [0.25, 0.3) is 0 Å². The normalized spacial score (nSPS) is 20.9. The minimum Gasteiger partial charge on any atom is -0.323 e. The molecular formula is C15H17NS. The molecule has 2 aromatic rings. The van der Waals surface area contributed by atoms with Gasteiger partial charge in [0.1, 0.15) is 0 Å². The Kier molecular flexibility index (Phi) is 3.00. The Balaban J connectivity index is 1.80. The topological polar surface area (TPSA) is 26.0 Å². The van der Waals surface area contributed by atoms with Crippen molar-refractivity contribution in [2.45, 2.75) is 25.3 Å². The number of rotatable bonds is 2. The molecule has 1 aliphatic rings. The van der Waals surface area contributed by atoms with Crippen LogP contribution in [0.25, 0.3) is 0 Å². The third-order valence-corrected chi connectivity index (χ3v) is 4.74. The summed E-state index contributed by atoms with van der Waals surface area (Å²) in [6.07, 6.45) is 3.53. The first-order valence-electron chi connectivity index (χ1n) is 6.20. The average Bonchev–Trinajstić information content (AvgIpc) is 2.91. The molecule has 0 saturated heterocycles. The molecule has 0 amide bonds. The smallest absolute Gasteiger partial charge is 0.0421 e. The second kappa shape index (κ2) is 4.63. The van der Waals surface area contributed by atoms with Crippen LogP contribution in [0.4, 0.5) is 0 Å². The predicted octanol–water partition coefficient (Wildman–Crippen LogP) is 3.55. The SMILES string of the molecule is NC(c1cccs1)C1CCc2ccccc2C1. The molecule has 0 radical (unpaired) electrons. The van der Waals surface area contributed by atoms with E-state index in [1.54, 1.807) is 11.3 Å². The fourth-order valence-corrected chi connectivity index (χ4v) is 3.57. The summed E-state index contributed by atoms with van der Waals surface area (Å²) < 4.78 is 0. The monoisotopic (exact) mass is 243 g/mol. The number of hydrogen-bond acceptors (Lipinski definition) is 2. The van der Waals surface area contributed by atoms with E-state index >= 15 is 0 Å². The van der Waals surface area contributed by atoms with Crippen molar-refractivity contribution in [3.63, 3.8) is 0 Å². The molecule has 3 rings (SSSR count). The van der Waals surface area contributed by atoms with E-state index in [1.165, 1.54) is 28.8 Å². The molecule has 1 aromatic heterocycles. The van der Waals surface area contributed by atoms with Crippen molar-refractivity contribution >= 4 is 11.3 Å². The zero-order valence-electron chi connectivity index (χ0n) is 9.80. The highest BCUT2D eigenvalue weighted by atomic mass is 32.1. The molecule has 1 nitrogen and oxygen atoms in total. The van der Waals surface area contributed by atoms with Crippen molar-refractivity contribution in [2.75, 3.05) is 0 Å². The van der Waals surface area contributed by atoms with Crippen LogP contribution >= 0.6 is 11.3 Å². The van der Waals surface area contributed by atoms with Crippen molar-refractivity contribution in [1.82, 2.24) is 0 Å². The van der Waals surface area contributed by atoms with E-state index in [0.717, 1.165) is 6.42 Å². The maximum Gasteiger partial charge on any atom is 0.0421 e. The Hall–Kier alpha value is -1.12. The second-order valence-electron chi connectivity index (χ2n) is 4.81. The lowest BCUT2D eigenvalue weighted by atomic mass is 9.80. The minimum atomic E-state index is 0.211. The Bertz CT molecular complexity index is 489. The van der Waals surface area contributed by atoms with Gasteiger partial charge in [0, 0.05) is 10.9 Å². The van der Waals surface area contributed by atoms with E-state index < -0.39 is 0 Å². The van der Waals surface area contributed by atoms with Gasteiger partial charge < -0.3 is 5.73 Å². The van der Waals surface area contributed by atoms with Crippen LogP contribution in [-0.2, 0) is 12.8 Å². The molecular weight excluding hydrogens is 226 g/mol. The van der Waals surface area contributed by atoms with Crippen LogP contribution in [0.3, 0.4) is 0 Å². The van der Waals surface area contributed by atoms with E-state index in [1.807, 2.05) is 0 Å². The maximum absolute atomic E-state index is 6.38. The number of thiophene rings is 1. The van der Waals surface area contributed by atoms with Gasteiger partial charge in [-0.3, -0.25) is 0 Å². The van der Waals surface area contributed by atoms with Gasteiger partial charge in [0.2, 0.25) is 0 Å². The van der Waals surface area contributed by atoms with Crippen molar-refractivity contribution in [3.8, 4) is 0 Å². The van der Waals surface area contributed by atoms with E-state index in [4.69, 9.17) is 5.73 Å². The number of aryl methyl sites for hydroxylation is 1. The molecule has 0 aliphatic heterocycles. The fraction of sp³-hybridized carbons (Fsp3) is 0.333. The van der Waals surface area contributed by atoms with Crippen LogP contribution in [-0.4, -0.2) is 0 Å². The van der Waals surface area contributed by atoms with Crippen molar-refractivity contribution in [3.05, 3.63) is 57.8 Å². The zero-order valence-corrected chi connectivity index (χ0v) is 10.6. The van der Waals surface area contributed by atoms with Gasteiger partial charge in [-0.15, -0.1) is 11.3 Å². The highest BCUT2D eigenvalue weighted by Gasteiger charge is 2.25. The van der Waals surface area contributed by atoms with E-state index in [0.29, 0.717) is 5.92 Å². The molecule has 0 spiro atoms. The molecule has 88 valence electrons. The van der Waals surface area contributed by atoms with Crippen LogP contribution in [0.2, 0.25) is 0 Å². The van der Waals surface area contributed by atoms with Crippen LogP contribution in [0.15, 0.2) is 41.8 Å². The van der Waals surface area contributed by atoms with Gasteiger partial charge in [0.15, 0.2) is 0 Å². The van der Waals surface area contributed by atoms with Gasteiger partial charge in [-0.05, 0) is 47.8 Å². The van der Waals surface area contributed by atoms with Crippen LogP contribution < -0.4 is 5.73 Å². The molecule has 17 heavy (non-hydrogen) atoms. The summed E-state index contributed by atoms with van der Waals surface area (Å²) >= 11 is 1.78. The number of fused-ring (bicyclic) bond motifs is 1. The van der Waals surface area contributed by atoms with E-state index in [2.05, 4.69) is 41.8 Å². The third-order valence-electron chi connectivity index (χ3n) is 3.76. The third kappa shape index (κ3) is 2.15. The van der Waals surface area contributed by atoms with E-state index in [-0.39, 0.29) is 6.04 Å². The summed E-state index contributed by atoms with van der Waals surface area (Å²) in [4.78, 5) is 1.33. The quantitative estimate of drug-likeness (QED) is 0.857. The highest BCUT2D eigenvalue weighted by Crippen LogP contribution is 2.34. The first kappa shape index (κ1) is 11.0. The Morgan fingerprint density at radius 2 is 1.94 bits per heavy atom. The summed E-state index contributed by atoms with van der Waals surface area (Å²) in [6, 6.07) is 13.2. The van der Waals surface area contributed by atoms with Gasteiger partial charge in [-0.2, -0.15) is 0 Å². The molecule has 2 N–H and O–H groups in total. The lowest BCUT2D eigenvalue weighted by Crippen LogP contribution is -2.26. The van der Waals surface area contributed by atoms with Crippen molar-refractivity contribution < 1.29 is 0 Å². The molecule has 0 bridgehead atoms. The summed E-state index contributed by atoms with van der Waals surface area (Å²) in [5.41, 5.74) is 9.39. The Morgan fingerprint density at radius 1 is 1.12 bits per heavy atom. The van der Waals surface area contributed by atoms with Gasteiger partial charge in [-0.25, -0.2) is 0 Å². The molecule has 0 saturated carbocycles. The number of hydrogen-bond donors (Lipinski definition) is 1. The molecule has 2 heteroatoms. The van der Waals surface area contributed by atoms with Gasteiger partial charge in [-0.1, -0.05) is 30.3 Å². The zero-order chi connectivity index (χ0) is 11.7. The Morgan fingerprint density at radius 3 is 2.71 bits per heavy atom. The lowest BCUT2D eigenvalue weighted by molar-refractivity contribution is 0.386. The van der Waals surface area contributed by atoms with Gasteiger partial charge >= 0.3 is 0 Å². The van der Waals surface area contributed by atoms with Gasteiger partial charge in [0.05, 0.1) is 0 Å². The molecule has 1 aromatic carbocycles. The predicted molar refractivity (Wildman–Crippen MR) is 73.2 cm³/mol. The summed E-state index contributed by atoms with van der Waals surface area (Å²) in [5, 5.41) is 2.12. The molecule has 1 aliphatic carbocycles. The van der Waals surface area contributed by atoms with E-state index in [9.17, 15) is 0 Å². The first-order chi connectivity index (χ1) is 8.34. The molecule has 2 unspecified atom stereocenters. The average molecular weight is 243 g/mol. The second-order valence-corrected chi connectivity index (χ2v) is 5.79. The largest absolute Gasteiger partial charge is 0.323 e. The molecule has 0 fully saturated rings. The lowest BCUT2D eigenvalue weighted by Gasteiger charge is -2.28. The summed E-state index contributed by atoms with van der Waals surface area (Å²) in [6.45, 7) is 0. The van der Waals surface area contributed by atoms with Crippen LogP contribution in [0.1, 0.15) is 28.5 Å². The Labute approximate surface area is 106 Å². The number of benzene rings is 1. The molecule has 1 heterocycles. The highest BCUT2D eigenvalue weighted by molar-refractivity contribution is 7.10. The minimum absolute atomic E-state index is 0.211. The summed E-state index contributed by atoms with van der Waals surface area (Å²) in [7, 11) is 0. The van der Waals surface area contributed by atoms with Crippen molar-refractivity contribution in [2.24, 2.45) is 11.7 Å². The van der Waals surface area contributed by atoms with Crippen LogP contribution in [0, 0.1) is 5.92 Å². The first-order valence-corrected chi connectivity index (χ1v) is 7.08. The summed E-state index contributed by atoms with van der Waals surface area (Å²) in [5.74, 6) is 0.601. The fourth-order valence-electron chi connectivity index (χ4n) is 2.75. The number of nitrogens with two attached hydrogens (primary N) is 1. The standard InChI is InChI=1S/C15H17NS/c16-15(14-6-3-9-17-14)13-8-7-11-4-1-2-5-12(11)10-13/h1-6,9,13,15H,7-8,10,16H2. The van der Waals surface area contributed by atoms with Crippen molar-refractivity contribution in [1.29, 1.82) is 0 Å². The van der Waals surface area contributed by atoms with Crippen LogP contribution in [0.5, 0.6) is 0 Å².